The summed E-state index contributed by atoms with van der Waals surface area (Å²) in [7, 11) is 0. The second kappa shape index (κ2) is 4.22. The van der Waals surface area contributed by atoms with Crippen LogP contribution in [0.25, 0.3) is 0 Å². The molecule has 1 saturated carbocycles. The summed E-state index contributed by atoms with van der Waals surface area (Å²) < 4.78 is 0. The molecule has 2 aliphatic rings. The standard InChI is InChI=1S/C15H25NO3/c1-9-8-16(7-6-10(9)13(18)19)12(17)11-14(2,3)15(11,4)5/h9-11H,6-8H2,1-5H3,(H,18,19). The van der Waals surface area contributed by atoms with Gasteiger partial charge in [-0.2, -0.15) is 0 Å². The second-order valence-electron chi connectivity index (χ2n) is 7.37. The third-order valence-electron chi connectivity index (χ3n) is 5.80. The lowest BCUT2D eigenvalue weighted by atomic mass is 9.86. The number of likely N-dealkylation sites (tertiary alicyclic amines) is 1. The van der Waals surface area contributed by atoms with Gasteiger partial charge in [0.1, 0.15) is 0 Å². The minimum Gasteiger partial charge on any atom is -0.481 e. The molecule has 0 aromatic rings. The Balaban J connectivity index is 2.03. The summed E-state index contributed by atoms with van der Waals surface area (Å²) in [6.45, 7) is 11.7. The zero-order valence-electron chi connectivity index (χ0n) is 12.6. The fourth-order valence-electron chi connectivity index (χ4n) is 3.71. The van der Waals surface area contributed by atoms with Crippen LogP contribution in [-0.4, -0.2) is 35.0 Å². The van der Waals surface area contributed by atoms with Crippen molar-refractivity contribution in [2.75, 3.05) is 13.1 Å². The smallest absolute Gasteiger partial charge is 0.306 e. The van der Waals surface area contributed by atoms with Gasteiger partial charge in [0.2, 0.25) is 5.91 Å². The Labute approximate surface area is 115 Å². The highest BCUT2D eigenvalue weighted by atomic mass is 16.4. The number of nitrogens with zero attached hydrogens (tertiary/aromatic N) is 1. The summed E-state index contributed by atoms with van der Waals surface area (Å²) in [6.07, 6.45) is 0.579. The summed E-state index contributed by atoms with van der Waals surface area (Å²) in [5.74, 6) is -0.699. The third-order valence-corrected chi connectivity index (χ3v) is 5.80. The zero-order chi connectivity index (χ0) is 14.6. The van der Waals surface area contributed by atoms with Crippen LogP contribution in [0.4, 0.5) is 0 Å². The molecule has 1 aliphatic carbocycles. The van der Waals surface area contributed by atoms with E-state index in [1.54, 1.807) is 0 Å². The lowest BCUT2D eigenvalue weighted by Crippen LogP contribution is -2.46. The van der Waals surface area contributed by atoms with Crippen molar-refractivity contribution in [3.63, 3.8) is 0 Å². The van der Waals surface area contributed by atoms with Crippen molar-refractivity contribution in [2.45, 2.75) is 41.0 Å². The fourth-order valence-corrected chi connectivity index (χ4v) is 3.71. The molecular weight excluding hydrogens is 242 g/mol. The third kappa shape index (κ3) is 2.05. The van der Waals surface area contributed by atoms with E-state index in [2.05, 4.69) is 27.7 Å². The summed E-state index contributed by atoms with van der Waals surface area (Å²) in [4.78, 5) is 25.6. The minimum absolute atomic E-state index is 0.0418. The van der Waals surface area contributed by atoms with Gasteiger partial charge in [-0.3, -0.25) is 9.59 Å². The molecule has 0 spiro atoms. The number of rotatable bonds is 2. The molecule has 2 fully saturated rings. The Morgan fingerprint density at radius 2 is 1.68 bits per heavy atom. The van der Waals surface area contributed by atoms with Crippen LogP contribution in [0, 0.1) is 28.6 Å². The summed E-state index contributed by atoms with van der Waals surface area (Å²) in [5.41, 5.74) is 0.105. The number of carboxylic acids is 1. The number of hydrogen-bond donors (Lipinski definition) is 1. The van der Waals surface area contributed by atoms with Gasteiger partial charge in [-0.25, -0.2) is 0 Å². The predicted molar refractivity (Wildman–Crippen MR) is 72.5 cm³/mol. The van der Waals surface area contributed by atoms with E-state index in [0.717, 1.165) is 0 Å². The van der Waals surface area contributed by atoms with Crippen molar-refractivity contribution in [1.29, 1.82) is 0 Å². The Morgan fingerprint density at radius 1 is 1.16 bits per heavy atom. The molecule has 1 saturated heterocycles. The van der Waals surface area contributed by atoms with Gasteiger partial charge in [-0.1, -0.05) is 34.6 Å². The summed E-state index contributed by atoms with van der Waals surface area (Å²) in [5, 5.41) is 9.12. The lowest BCUT2D eigenvalue weighted by Gasteiger charge is -2.35. The van der Waals surface area contributed by atoms with Gasteiger partial charge < -0.3 is 10.0 Å². The van der Waals surface area contributed by atoms with E-state index in [-0.39, 0.29) is 34.5 Å². The molecule has 2 atom stereocenters. The highest BCUT2D eigenvalue weighted by Crippen LogP contribution is 2.68. The first-order valence-corrected chi connectivity index (χ1v) is 7.12. The van der Waals surface area contributed by atoms with Crippen molar-refractivity contribution in [2.24, 2.45) is 28.6 Å². The summed E-state index contributed by atoms with van der Waals surface area (Å²) in [6, 6.07) is 0. The molecule has 1 heterocycles. The molecule has 0 aromatic heterocycles. The SMILES string of the molecule is CC1CN(C(=O)C2C(C)(C)C2(C)C)CCC1C(=O)O. The number of amides is 1. The number of aliphatic carboxylic acids is 1. The number of carboxylic acid groups (broad SMARTS) is 1. The largest absolute Gasteiger partial charge is 0.481 e. The maximum Gasteiger partial charge on any atom is 0.306 e. The molecule has 2 rings (SSSR count). The molecular formula is C15H25NO3. The topological polar surface area (TPSA) is 57.6 Å². The molecule has 4 heteroatoms. The molecule has 19 heavy (non-hydrogen) atoms. The Hall–Kier alpha value is -1.06. The van der Waals surface area contributed by atoms with Crippen LogP contribution >= 0.6 is 0 Å². The molecule has 1 aliphatic heterocycles. The first-order valence-electron chi connectivity index (χ1n) is 7.12. The van der Waals surface area contributed by atoms with Crippen LogP contribution in [0.2, 0.25) is 0 Å². The van der Waals surface area contributed by atoms with Gasteiger partial charge in [0, 0.05) is 19.0 Å². The molecule has 0 radical (unpaired) electrons. The Morgan fingerprint density at radius 3 is 2.05 bits per heavy atom. The lowest BCUT2D eigenvalue weighted by molar-refractivity contribution is -0.149. The molecule has 0 bridgehead atoms. The second-order valence-corrected chi connectivity index (χ2v) is 7.37. The van der Waals surface area contributed by atoms with Crippen LogP contribution in [0.3, 0.4) is 0 Å². The molecule has 1 amide bonds. The van der Waals surface area contributed by atoms with Crippen molar-refractivity contribution in [3.8, 4) is 0 Å². The van der Waals surface area contributed by atoms with Crippen LogP contribution in [0.1, 0.15) is 41.0 Å². The van der Waals surface area contributed by atoms with Crippen LogP contribution in [0.15, 0.2) is 0 Å². The maximum atomic E-state index is 12.6. The number of hydrogen-bond acceptors (Lipinski definition) is 2. The predicted octanol–water partition coefficient (Wildman–Crippen LogP) is 2.24. The Bertz CT molecular complexity index is 400. The quantitative estimate of drug-likeness (QED) is 0.834. The minimum atomic E-state index is -0.730. The van der Waals surface area contributed by atoms with Gasteiger partial charge in [0.05, 0.1) is 5.92 Å². The molecule has 4 nitrogen and oxygen atoms in total. The van der Waals surface area contributed by atoms with E-state index in [9.17, 15) is 9.59 Å². The monoisotopic (exact) mass is 267 g/mol. The first-order chi connectivity index (χ1) is 8.60. The van der Waals surface area contributed by atoms with Crippen molar-refractivity contribution in [3.05, 3.63) is 0 Å². The number of carbonyl (C=O) groups excluding carboxylic acids is 1. The first kappa shape index (κ1) is 14.4. The van der Waals surface area contributed by atoms with Crippen molar-refractivity contribution >= 4 is 11.9 Å². The van der Waals surface area contributed by atoms with Crippen LogP contribution in [-0.2, 0) is 9.59 Å². The maximum absolute atomic E-state index is 12.6. The van der Waals surface area contributed by atoms with E-state index < -0.39 is 5.97 Å². The van der Waals surface area contributed by atoms with E-state index in [1.165, 1.54) is 0 Å². The summed E-state index contributed by atoms with van der Waals surface area (Å²) >= 11 is 0. The average molecular weight is 267 g/mol. The van der Waals surface area contributed by atoms with Crippen LogP contribution in [0.5, 0.6) is 0 Å². The van der Waals surface area contributed by atoms with Gasteiger partial charge in [0.25, 0.3) is 0 Å². The number of carbonyl (C=O) groups is 2. The van der Waals surface area contributed by atoms with E-state index in [4.69, 9.17) is 5.11 Å². The van der Waals surface area contributed by atoms with Crippen LogP contribution < -0.4 is 0 Å². The normalized spacial score (nSPS) is 33.0. The van der Waals surface area contributed by atoms with Crippen molar-refractivity contribution < 1.29 is 14.7 Å². The van der Waals surface area contributed by atoms with Gasteiger partial charge in [-0.15, -0.1) is 0 Å². The van der Waals surface area contributed by atoms with E-state index >= 15 is 0 Å². The van der Waals surface area contributed by atoms with Gasteiger partial charge in [-0.05, 0) is 23.2 Å². The van der Waals surface area contributed by atoms with Gasteiger partial charge >= 0.3 is 5.97 Å². The molecule has 1 N–H and O–H groups in total. The fraction of sp³-hybridized carbons (Fsp3) is 0.867. The van der Waals surface area contributed by atoms with Crippen molar-refractivity contribution in [1.82, 2.24) is 4.90 Å². The highest BCUT2D eigenvalue weighted by molar-refractivity contribution is 5.84. The van der Waals surface area contributed by atoms with Gasteiger partial charge in [0.15, 0.2) is 0 Å². The highest BCUT2D eigenvalue weighted by Gasteiger charge is 2.68. The average Bonchev–Trinajstić information content (AvgIpc) is 2.67. The molecule has 108 valence electrons. The Kier molecular flexibility index (Phi) is 3.19. The zero-order valence-corrected chi connectivity index (χ0v) is 12.6. The van der Waals surface area contributed by atoms with E-state index in [1.807, 2.05) is 11.8 Å². The molecule has 0 aromatic carbocycles. The number of piperidine rings is 1. The van der Waals surface area contributed by atoms with E-state index in [0.29, 0.717) is 19.5 Å². The molecule has 2 unspecified atom stereocenters.